The summed E-state index contributed by atoms with van der Waals surface area (Å²) in [5, 5.41) is 12.5. The Balaban J connectivity index is 2.74. The van der Waals surface area contributed by atoms with Crippen molar-refractivity contribution in [3.8, 4) is 0 Å². The Morgan fingerprint density at radius 2 is 2.20 bits per heavy atom. The van der Waals surface area contributed by atoms with Crippen LogP contribution >= 0.6 is 23.2 Å². The number of rotatable bonds is 4. The first-order chi connectivity index (χ1) is 7.06. The van der Waals surface area contributed by atoms with E-state index in [1.54, 1.807) is 6.92 Å². The van der Waals surface area contributed by atoms with Crippen molar-refractivity contribution in [1.29, 1.82) is 0 Å². The number of halogens is 3. The van der Waals surface area contributed by atoms with E-state index in [-0.39, 0.29) is 18.2 Å². The normalized spacial score (nSPS) is 12.6. The quantitative estimate of drug-likeness (QED) is 0.807. The molecule has 1 unspecified atom stereocenters. The van der Waals surface area contributed by atoms with Gasteiger partial charge in [0.15, 0.2) is 0 Å². The molecule has 0 amide bonds. The molecular weight excluding hydrogens is 240 g/mol. The minimum absolute atomic E-state index is 0.144. The fourth-order valence-electron chi connectivity index (χ4n) is 1.08. The second-order valence-electron chi connectivity index (χ2n) is 3.22. The van der Waals surface area contributed by atoms with Crippen LogP contribution in [0.3, 0.4) is 0 Å². The highest BCUT2D eigenvalue weighted by atomic mass is 35.5. The lowest BCUT2D eigenvalue weighted by Gasteiger charge is -2.12. The maximum atomic E-state index is 13.0. The second-order valence-corrected chi connectivity index (χ2v) is 3.91. The Hall–Kier alpha value is -0.510. The maximum absolute atomic E-state index is 13.0. The molecule has 0 saturated heterocycles. The molecule has 0 heterocycles. The highest BCUT2D eigenvalue weighted by Gasteiger charge is 2.08. The Morgan fingerprint density at radius 1 is 1.53 bits per heavy atom. The number of alkyl halides is 1. The maximum Gasteiger partial charge on any atom is 0.127 e. The van der Waals surface area contributed by atoms with Gasteiger partial charge in [-0.25, -0.2) is 4.39 Å². The SMILES string of the molecule is Cc1c(F)ccc(NCC(O)CCl)c1Cl. The first kappa shape index (κ1) is 12.6. The van der Waals surface area contributed by atoms with E-state index in [4.69, 9.17) is 23.2 Å². The van der Waals surface area contributed by atoms with Crippen molar-refractivity contribution >= 4 is 28.9 Å². The van der Waals surface area contributed by atoms with E-state index in [2.05, 4.69) is 5.32 Å². The van der Waals surface area contributed by atoms with E-state index in [0.717, 1.165) is 0 Å². The van der Waals surface area contributed by atoms with Crippen LogP contribution in [0.5, 0.6) is 0 Å². The van der Waals surface area contributed by atoms with Crippen molar-refractivity contribution in [3.05, 3.63) is 28.5 Å². The highest BCUT2D eigenvalue weighted by molar-refractivity contribution is 6.34. The zero-order chi connectivity index (χ0) is 11.4. The van der Waals surface area contributed by atoms with E-state index >= 15 is 0 Å². The van der Waals surface area contributed by atoms with Crippen LogP contribution in [0, 0.1) is 12.7 Å². The van der Waals surface area contributed by atoms with Gasteiger partial charge in [-0.1, -0.05) is 11.6 Å². The lowest BCUT2D eigenvalue weighted by Crippen LogP contribution is -2.21. The number of aliphatic hydroxyl groups is 1. The van der Waals surface area contributed by atoms with Crippen molar-refractivity contribution in [2.75, 3.05) is 17.7 Å². The summed E-state index contributed by atoms with van der Waals surface area (Å²) in [6, 6.07) is 2.86. The standard InChI is InChI=1S/C10H12Cl2FNO/c1-6-8(13)2-3-9(10(6)12)14-5-7(15)4-11/h2-3,7,14-15H,4-5H2,1H3. The van der Waals surface area contributed by atoms with Gasteiger partial charge >= 0.3 is 0 Å². The van der Waals surface area contributed by atoms with Gasteiger partial charge in [-0.3, -0.25) is 0 Å². The van der Waals surface area contributed by atoms with Crippen LogP contribution in [-0.2, 0) is 0 Å². The van der Waals surface area contributed by atoms with E-state index < -0.39 is 6.10 Å². The molecule has 15 heavy (non-hydrogen) atoms. The summed E-state index contributed by atoms with van der Waals surface area (Å²) >= 11 is 11.3. The molecule has 0 spiro atoms. The van der Waals surface area contributed by atoms with Gasteiger partial charge < -0.3 is 10.4 Å². The van der Waals surface area contributed by atoms with Gasteiger partial charge in [0.1, 0.15) is 5.82 Å². The largest absolute Gasteiger partial charge is 0.390 e. The molecule has 5 heteroatoms. The number of aliphatic hydroxyl groups excluding tert-OH is 1. The molecule has 0 aliphatic carbocycles. The summed E-state index contributed by atoms with van der Waals surface area (Å²) in [4.78, 5) is 0. The van der Waals surface area contributed by atoms with Crippen molar-refractivity contribution in [1.82, 2.24) is 0 Å². The zero-order valence-corrected chi connectivity index (χ0v) is 9.74. The van der Waals surface area contributed by atoms with Gasteiger partial charge in [0.05, 0.1) is 22.7 Å². The Labute approximate surface area is 98.0 Å². The average molecular weight is 252 g/mol. The molecule has 0 aromatic heterocycles. The first-order valence-electron chi connectivity index (χ1n) is 4.48. The van der Waals surface area contributed by atoms with Crippen LogP contribution < -0.4 is 5.32 Å². The molecule has 0 radical (unpaired) electrons. The van der Waals surface area contributed by atoms with Crippen LogP contribution in [-0.4, -0.2) is 23.6 Å². The Kier molecular flexibility index (Phi) is 4.64. The van der Waals surface area contributed by atoms with Crippen LogP contribution in [0.2, 0.25) is 5.02 Å². The molecule has 0 aliphatic rings. The van der Waals surface area contributed by atoms with Gasteiger partial charge in [-0.2, -0.15) is 0 Å². The van der Waals surface area contributed by atoms with Crippen molar-refractivity contribution in [2.45, 2.75) is 13.0 Å². The number of hydrogen-bond donors (Lipinski definition) is 2. The van der Waals surface area contributed by atoms with Crippen molar-refractivity contribution in [2.24, 2.45) is 0 Å². The molecule has 0 fully saturated rings. The van der Waals surface area contributed by atoms with Crippen molar-refractivity contribution in [3.63, 3.8) is 0 Å². The molecular formula is C10H12Cl2FNO. The van der Waals surface area contributed by atoms with Gasteiger partial charge in [0.25, 0.3) is 0 Å². The predicted octanol–water partition coefficient (Wildman–Crippen LogP) is 2.80. The first-order valence-corrected chi connectivity index (χ1v) is 5.40. The molecule has 2 nitrogen and oxygen atoms in total. The Morgan fingerprint density at radius 3 is 2.80 bits per heavy atom. The molecule has 84 valence electrons. The second kappa shape index (κ2) is 5.54. The number of benzene rings is 1. The third-order valence-electron chi connectivity index (χ3n) is 2.03. The molecule has 0 saturated carbocycles. The molecule has 1 rings (SSSR count). The molecule has 1 aromatic carbocycles. The smallest absolute Gasteiger partial charge is 0.127 e. The number of hydrogen-bond acceptors (Lipinski definition) is 2. The Bertz CT molecular complexity index is 346. The van der Waals surface area contributed by atoms with Gasteiger partial charge in [0, 0.05) is 12.1 Å². The minimum atomic E-state index is -0.645. The third-order valence-corrected chi connectivity index (χ3v) is 2.87. The molecule has 1 atom stereocenters. The highest BCUT2D eigenvalue weighted by Crippen LogP contribution is 2.27. The lowest BCUT2D eigenvalue weighted by molar-refractivity contribution is 0.211. The summed E-state index contributed by atoms with van der Waals surface area (Å²) in [5.41, 5.74) is 0.988. The summed E-state index contributed by atoms with van der Waals surface area (Å²) in [7, 11) is 0. The summed E-state index contributed by atoms with van der Waals surface area (Å²) in [5.74, 6) is -0.200. The van der Waals surface area contributed by atoms with E-state index in [0.29, 0.717) is 16.3 Å². The van der Waals surface area contributed by atoms with E-state index in [9.17, 15) is 9.50 Å². The molecule has 2 N–H and O–H groups in total. The number of anilines is 1. The van der Waals surface area contributed by atoms with Gasteiger partial charge in [-0.05, 0) is 19.1 Å². The third kappa shape index (κ3) is 3.23. The lowest BCUT2D eigenvalue weighted by atomic mass is 10.2. The summed E-state index contributed by atoms with van der Waals surface area (Å²) in [6.45, 7) is 1.88. The summed E-state index contributed by atoms with van der Waals surface area (Å²) < 4.78 is 13.0. The monoisotopic (exact) mass is 251 g/mol. The van der Waals surface area contributed by atoms with Crippen LogP contribution in [0.4, 0.5) is 10.1 Å². The van der Waals surface area contributed by atoms with Crippen LogP contribution in [0.15, 0.2) is 12.1 Å². The minimum Gasteiger partial charge on any atom is -0.390 e. The van der Waals surface area contributed by atoms with Gasteiger partial charge in [0.2, 0.25) is 0 Å². The molecule has 0 bridgehead atoms. The van der Waals surface area contributed by atoms with Crippen LogP contribution in [0.1, 0.15) is 5.56 Å². The summed E-state index contributed by atoms with van der Waals surface area (Å²) in [6.07, 6.45) is -0.645. The fraction of sp³-hybridized carbons (Fsp3) is 0.400. The van der Waals surface area contributed by atoms with Gasteiger partial charge in [-0.15, -0.1) is 11.6 Å². The number of nitrogens with one attached hydrogen (secondary N) is 1. The van der Waals surface area contributed by atoms with Crippen molar-refractivity contribution < 1.29 is 9.50 Å². The van der Waals surface area contributed by atoms with E-state index in [1.807, 2.05) is 0 Å². The fourth-order valence-corrected chi connectivity index (χ4v) is 1.41. The van der Waals surface area contributed by atoms with E-state index in [1.165, 1.54) is 12.1 Å². The van der Waals surface area contributed by atoms with Crippen LogP contribution in [0.25, 0.3) is 0 Å². The zero-order valence-electron chi connectivity index (χ0n) is 8.23. The molecule has 1 aromatic rings. The average Bonchev–Trinajstić information content (AvgIpc) is 2.24. The predicted molar refractivity (Wildman–Crippen MR) is 61.4 cm³/mol. The topological polar surface area (TPSA) is 32.3 Å². The molecule has 0 aliphatic heterocycles.